The van der Waals surface area contributed by atoms with Gasteiger partial charge in [0.25, 0.3) is 15.9 Å². The number of carbonyl (C=O) groups is 2. The summed E-state index contributed by atoms with van der Waals surface area (Å²) >= 11 is 0. The molecular weight excluding hydrogens is 424 g/mol. The number of nitrogen functional groups attached to an aromatic ring is 1. The molecule has 12 heteroatoms. The third-order valence-electron chi connectivity index (χ3n) is 4.17. The third kappa shape index (κ3) is 6.89. The minimum atomic E-state index is -4.03. The first-order valence-corrected chi connectivity index (χ1v) is 10.7. The third-order valence-corrected chi connectivity index (χ3v) is 5.54. The standard InChI is InChI=1S/C19H24N6O5S/c20-12-5-3-6-13(11-12)31(29,30)25-15-8-2-1-7-14(15)17(26)24-16(18(27)28)9-4-10-23-19(21)22/h1-3,5-8,11,16,25H,4,9-10,20H2,(H,24,26)(H,27,28)(H4,21,22,23)/t16-/m0/s1. The summed E-state index contributed by atoms with van der Waals surface area (Å²) < 4.78 is 27.7. The van der Waals surface area contributed by atoms with Crippen LogP contribution in [0.15, 0.2) is 53.4 Å². The maximum absolute atomic E-state index is 12.7. The topological polar surface area (TPSA) is 200 Å². The van der Waals surface area contributed by atoms with Crippen molar-refractivity contribution in [2.45, 2.75) is 23.8 Å². The Kier molecular flexibility index (Phi) is 7.80. The predicted molar refractivity (Wildman–Crippen MR) is 116 cm³/mol. The molecule has 0 aliphatic rings. The van der Waals surface area contributed by atoms with Crippen molar-refractivity contribution in [3.63, 3.8) is 0 Å². The number of sulfonamides is 1. The molecule has 0 unspecified atom stereocenters. The highest BCUT2D eigenvalue weighted by Gasteiger charge is 2.23. The molecule has 0 saturated heterocycles. The minimum absolute atomic E-state index is 0.00944. The number of carbonyl (C=O) groups excluding carboxylic acids is 1. The molecule has 31 heavy (non-hydrogen) atoms. The molecule has 0 aromatic heterocycles. The first kappa shape index (κ1) is 23.5. The zero-order valence-electron chi connectivity index (χ0n) is 16.5. The number of nitrogens with one attached hydrogen (secondary N) is 4. The number of benzene rings is 2. The smallest absolute Gasteiger partial charge is 0.326 e. The summed E-state index contributed by atoms with van der Waals surface area (Å²) in [5.74, 6) is -2.23. The van der Waals surface area contributed by atoms with Crippen LogP contribution in [-0.4, -0.2) is 43.9 Å². The summed E-state index contributed by atoms with van der Waals surface area (Å²) in [6, 6.07) is 10.3. The average molecular weight is 449 g/mol. The van der Waals surface area contributed by atoms with Gasteiger partial charge in [-0.15, -0.1) is 0 Å². The van der Waals surface area contributed by atoms with Crippen molar-refractivity contribution < 1.29 is 23.1 Å². The number of carboxylic acids is 1. The molecule has 2 rings (SSSR count). The highest BCUT2D eigenvalue weighted by molar-refractivity contribution is 7.92. The van der Waals surface area contributed by atoms with E-state index in [1.54, 1.807) is 6.07 Å². The van der Waals surface area contributed by atoms with Gasteiger partial charge in [0, 0.05) is 12.2 Å². The van der Waals surface area contributed by atoms with E-state index < -0.39 is 27.9 Å². The lowest BCUT2D eigenvalue weighted by molar-refractivity contribution is -0.139. The number of hydrogen-bond donors (Lipinski definition) is 7. The molecule has 11 nitrogen and oxygen atoms in total. The van der Waals surface area contributed by atoms with Crippen LogP contribution < -0.4 is 26.8 Å². The second-order valence-electron chi connectivity index (χ2n) is 6.57. The minimum Gasteiger partial charge on any atom is -0.480 e. The number of guanidine groups is 1. The van der Waals surface area contributed by atoms with Gasteiger partial charge in [-0.05, 0) is 43.2 Å². The zero-order chi connectivity index (χ0) is 23.0. The van der Waals surface area contributed by atoms with Gasteiger partial charge in [-0.2, -0.15) is 0 Å². The molecule has 9 N–H and O–H groups in total. The van der Waals surface area contributed by atoms with E-state index in [9.17, 15) is 23.1 Å². The summed E-state index contributed by atoms with van der Waals surface area (Å²) in [6.45, 7) is 0.269. The first-order chi connectivity index (χ1) is 14.6. The number of para-hydroxylation sites is 1. The quantitative estimate of drug-likeness (QED) is 0.118. The van der Waals surface area contributed by atoms with Gasteiger partial charge in [0.2, 0.25) is 0 Å². The van der Waals surface area contributed by atoms with Gasteiger partial charge in [-0.25, -0.2) is 13.2 Å². The van der Waals surface area contributed by atoms with Gasteiger partial charge in [0.15, 0.2) is 5.96 Å². The van der Waals surface area contributed by atoms with Crippen LogP contribution in [0.4, 0.5) is 11.4 Å². The molecule has 0 bridgehead atoms. The molecule has 0 radical (unpaired) electrons. The van der Waals surface area contributed by atoms with Gasteiger partial charge in [0.1, 0.15) is 6.04 Å². The van der Waals surface area contributed by atoms with Crippen molar-refractivity contribution in [2.24, 2.45) is 5.73 Å². The Bertz CT molecular complexity index is 1070. The van der Waals surface area contributed by atoms with Crippen molar-refractivity contribution in [1.82, 2.24) is 10.6 Å². The normalized spacial score (nSPS) is 11.9. The molecular formula is C19H24N6O5S. The molecule has 0 aliphatic carbocycles. The maximum Gasteiger partial charge on any atom is 0.326 e. The monoisotopic (exact) mass is 448 g/mol. The van der Waals surface area contributed by atoms with E-state index in [1.165, 1.54) is 42.5 Å². The molecule has 166 valence electrons. The fraction of sp³-hybridized carbons (Fsp3) is 0.211. The van der Waals surface area contributed by atoms with Crippen LogP contribution in [0.5, 0.6) is 0 Å². The number of hydrogen-bond acceptors (Lipinski definition) is 6. The molecule has 1 amide bonds. The van der Waals surface area contributed by atoms with E-state index in [1.807, 2.05) is 0 Å². The Morgan fingerprint density at radius 1 is 1.13 bits per heavy atom. The maximum atomic E-state index is 12.7. The van der Waals surface area contributed by atoms with E-state index in [-0.39, 0.29) is 40.8 Å². The van der Waals surface area contributed by atoms with Gasteiger partial charge >= 0.3 is 5.97 Å². The lowest BCUT2D eigenvalue weighted by atomic mass is 10.1. The van der Waals surface area contributed by atoms with Crippen LogP contribution in [0.2, 0.25) is 0 Å². The predicted octanol–water partition coefficient (Wildman–Crippen LogP) is 0.516. The number of anilines is 2. The molecule has 2 aromatic rings. The van der Waals surface area contributed by atoms with Crippen molar-refractivity contribution >= 4 is 39.2 Å². The Morgan fingerprint density at radius 2 is 1.84 bits per heavy atom. The fourth-order valence-electron chi connectivity index (χ4n) is 2.68. The van der Waals surface area contributed by atoms with Crippen LogP contribution in [-0.2, 0) is 14.8 Å². The van der Waals surface area contributed by atoms with Crippen LogP contribution in [0.3, 0.4) is 0 Å². The lowest BCUT2D eigenvalue weighted by Crippen LogP contribution is -2.41. The molecule has 0 spiro atoms. The summed E-state index contributed by atoms with van der Waals surface area (Å²) in [4.78, 5) is 24.1. The summed E-state index contributed by atoms with van der Waals surface area (Å²) in [6.07, 6.45) is 0.416. The van der Waals surface area contributed by atoms with E-state index in [0.29, 0.717) is 6.42 Å². The van der Waals surface area contributed by atoms with E-state index in [0.717, 1.165) is 0 Å². The average Bonchev–Trinajstić information content (AvgIpc) is 2.70. The number of carboxylic acid groups (broad SMARTS) is 1. The Morgan fingerprint density at radius 3 is 2.48 bits per heavy atom. The number of aliphatic carboxylic acids is 1. The number of amides is 1. The Labute approximate surface area is 179 Å². The van der Waals surface area contributed by atoms with Crippen molar-refractivity contribution in [1.29, 1.82) is 5.41 Å². The second-order valence-corrected chi connectivity index (χ2v) is 8.25. The number of rotatable bonds is 10. The zero-order valence-corrected chi connectivity index (χ0v) is 17.3. The molecule has 0 saturated carbocycles. The van der Waals surface area contributed by atoms with Crippen LogP contribution in [0.25, 0.3) is 0 Å². The molecule has 0 aliphatic heterocycles. The van der Waals surface area contributed by atoms with Crippen molar-refractivity contribution in [3.8, 4) is 0 Å². The van der Waals surface area contributed by atoms with Gasteiger partial charge < -0.3 is 27.2 Å². The number of nitrogens with two attached hydrogens (primary N) is 2. The van der Waals surface area contributed by atoms with Crippen LogP contribution in [0.1, 0.15) is 23.2 Å². The Hall–Kier alpha value is -3.80. The van der Waals surface area contributed by atoms with Crippen LogP contribution in [0, 0.1) is 5.41 Å². The molecule has 2 aromatic carbocycles. The van der Waals surface area contributed by atoms with Gasteiger partial charge in [-0.3, -0.25) is 14.9 Å². The van der Waals surface area contributed by atoms with Crippen LogP contribution >= 0.6 is 0 Å². The van der Waals surface area contributed by atoms with E-state index in [2.05, 4.69) is 15.4 Å². The van der Waals surface area contributed by atoms with Gasteiger partial charge in [-0.1, -0.05) is 18.2 Å². The highest BCUT2D eigenvalue weighted by atomic mass is 32.2. The van der Waals surface area contributed by atoms with Crippen molar-refractivity contribution in [3.05, 3.63) is 54.1 Å². The molecule has 1 atom stereocenters. The second kappa shape index (κ2) is 10.3. The first-order valence-electron chi connectivity index (χ1n) is 9.19. The summed E-state index contributed by atoms with van der Waals surface area (Å²) in [7, 11) is -4.03. The lowest BCUT2D eigenvalue weighted by Gasteiger charge is -2.17. The van der Waals surface area contributed by atoms with E-state index >= 15 is 0 Å². The van der Waals surface area contributed by atoms with Gasteiger partial charge in [0.05, 0.1) is 16.1 Å². The molecule has 0 fully saturated rings. The SMILES string of the molecule is N=C(N)NCCC[C@H](NC(=O)c1ccccc1NS(=O)(=O)c1cccc(N)c1)C(=O)O. The highest BCUT2D eigenvalue weighted by Crippen LogP contribution is 2.21. The van der Waals surface area contributed by atoms with E-state index in [4.69, 9.17) is 16.9 Å². The molecule has 0 heterocycles. The van der Waals surface area contributed by atoms with Crippen molar-refractivity contribution in [2.75, 3.05) is 17.0 Å². The fourth-order valence-corrected chi connectivity index (χ4v) is 3.81. The summed E-state index contributed by atoms with van der Waals surface area (Å²) in [5.41, 5.74) is 11.0. The summed E-state index contributed by atoms with van der Waals surface area (Å²) in [5, 5.41) is 21.4. The Balaban J connectivity index is 2.16. The largest absolute Gasteiger partial charge is 0.480 e.